The fraction of sp³-hybridized carbons (Fsp3) is 0.172. The van der Waals surface area contributed by atoms with Crippen molar-refractivity contribution in [1.29, 1.82) is 0 Å². The normalized spacial score (nSPS) is 13.0. The number of furan rings is 1. The maximum atomic E-state index is 12.5. The third kappa shape index (κ3) is 32.1. The first kappa shape index (κ1) is 111. The molecule has 0 bridgehead atoms. The van der Waals surface area contributed by atoms with E-state index < -0.39 is 12.0 Å². The van der Waals surface area contributed by atoms with Gasteiger partial charge in [-0.1, -0.05) is 247 Å². The zero-order valence-corrected chi connectivity index (χ0v) is 89.5. The molecule has 148 heavy (non-hydrogen) atoms. The summed E-state index contributed by atoms with van der Waals surface area (Å²) in [5.74, 6) is 3.16. The lowest BCUT2D eigenvalue weighted by Crippen LogP contribution is -2.28. The number of anilines is 1. The van der Waals surface area contributed by atoms with Gasteiger partial charge in [-0.3, -0.25) is 28.9 Å². The van der Waals surface area contributed by atoms with Gasteiger partial charge in [0.05, 0.1) is 45.5 Å². The van der Waals surface area contributed by atoms with Gasteiger partial charge >= 0.3 is 0 Å². The van der Waals surface area contributed by atoms with Crippen LogP contribution < -0.4 is 10.6 Å². The Morgan fingerprint density at radius 1 is 0.358 bits per heavy atom. The Morgan fingerprint density at radius 3 is 1.03 bits per heavy atom. The van der Waals surface area contributed by atoms with Crippen molar-refractivity contribution in [3.05, 3.63) is 507 Å². The van der Waals surface area contributed by atoms with Crippen molar-refractivity contribution in [2.75, 3.05) is 32.1 Å². The lowest BCUT2D eigenvalue weighted by Gasteiger charge is -2.27. The van der Waals surface area contributed by atoms with Crippen LogP contribution in [0.3, 0.4) is 0 Å². The molecule has 11 N–H and O–H groups in total. The first-order valence-corrected chi connectivity index (χ1v) is 54.2. The number of carbonyl (C=O) groups is 5. The van der Waals surface area contributed by atoms with E-state index in [2.05, 4.69) is 123 Å². The second kappa shape index (κ2) is 52.8. The Kier molecular flexibility index (Phi) is 39.5. The van der Waals surface area contributed by atoms with E-state index >= 15 is 0 Å². The number of aryl methyl sites for hydroxylation is 1. The lowest BCUT2D eigenvalue weighted by atomic mass is 10.0. The van der Waals surface area contributed by atoms with Crippen LogP contribution in [-0.4, -0.2) is 107 Å². The molecule has 16 aromatic rings. The van der Waals surface area contributed by atoms with Crippen molar-refractivity contribution >= 4 is 175 Å². The molecule has 3 aliphatic carbocycles. The molecule has 8 aromatic carbocycles. The van der Waals surface area contributed by atoms with Gasteiger partial charge in [-0.2, -0.15) is 0 Å². The van der Waals surface area contributed by atoms with Crippen LogP contribution >= 0.6 is 95.3 Å². The van der Waals surface area contributed by atoms with Crippen LogP contribution in [0.4, 0.5) is 5.00 Å². The molecule has 1 saturated heterocycles. The fourth-order valence-electron chi connectivity index (χ4n) is 15.5. The number of benzene rings is 8. The molecule has 20 rings (SSSR count). The highest BCUT2D eigenvalue weighted by Crippen LogP contribution is 2.47. The number of aliphatic hydroxyl groups excluding tert-OH is 9. The number of thiophene rings is 7. The molecule has 0 spiro atoms. The molecule has 1 aliphatic heterocycles. The largest absolute Gasteiger partial charge is 0.508 e. The number of ketones is 4. The molecule has 8 aromatic heterocycles. The van der Waals surface area contributed by atoms with Crippen LogP contribution in [0.1, 0.15) is 265 Å². The van der Waals surface area contributed by atoms with Crippen LogP contribution in [0, 0.1) is 6.92 Å². The van der Waals surface area contributed by atoms with E-state index in [0.29, 0.717) is 72.3 Å². The van der Waals surface area contributed by atoms with Gasteiger partial charge in [0.1, 0.15) is 57.9 Å². The smallest absolute Gasteiger partial charge is 0.258 e. The van der Waals surface area contributed by atoms with Gasteiger partial charge in [-0.15, -0.1) is 79.4 Å². The number of piperidine rings is 1. The summed E-state index contributed by atoms with van der Waals surface area (Å²) in [6, 6.07) is 89.4. The lowest BCUT2D eigenvalue weighted by molar-refractivity contribution is 0.0999. The topological polar surface area (TPSA) is 313 Å². The molecule has 0 radical (unpaired) electrons. The molecule has 1 amide bonds. The van der Waals surface area contributed by atoms with Gasteiger partial charge in [0.25, 0.3) is 5.91 Å². The third-order valence-corrected chi connectivity index (χ3v) is 33.0. The minimum Gasteiger partial charge on any atom is -0.508 e. The number of rotatable bonds is 30. The maximum absolute atomic E-state index is 12.5. The number of aliphatic hydroxyl groups is 9. The van der Waals surface area contributed by atoms with Gasteiger partial charge in [0.15, 0.2) is 0 Å². The van der Waals surface area contributed by atoms with Gasteiger partial charge in [0.2, 0.25) is 23.1 Å². The summed E-state index contributed by atoms with van der Waals surface area (Å²) in [5.41, 5.74) is 17.5. The average molecular weight is 2170 g/mol. The zero-order chi connectivity index (χ0) is 106. The molecule has 3 saturated carbocycles. The average Bonchev–Trinajstić information content (AvgIpc) is 1.57. The summed E-state index contributed by atoms with van der Waals surface area (Å²) in [7, 11) is 4.13. The van der Waals surface area contributed by atoms with E-state index in [0.717, 1.165) is 103 Å². The maximum Gasteiger partial charge on any atom is 0.258 e. The number of carbonyl (C=O) groups excluding carboxylic acids is 5. The monoisotopic (exact) mass is 2170 g/mol. The Morgan fingerprint density at radius 2 is 0.689 bits per heavy atom. The minimum atomic E-state index is -0.585. The predicted octanol–water partition coefficient (Wildman–Crippen LogP) is 32.4. The first-order valence-electron chi connectivity index (χ1n) is 47.7. The molecule has 4 fully saturated rings. The van der Waals surface area contributed by atoms with Crippen molar-refractivity contribution in [3.63, 3.8) is 0 Å². The van der Waals surface area contributed by atoms with Gasteiger partial charge < -0.3 is 61.0 Å². The third-order valence-electron chi connectivity index (χ3n) is 24.2. The van der Waals surface area contributed by atoms with Gasteiger partial charge in [-0.25, -0.2) is 0 Å². The van der Waals surface area contributed by atoms with E-state index in [-0.39, 0.29) is 75.2 Å². The van der Waals surface area contributed by atoms with Crippen LogP contribution in [0.25, 0.3) is 46.1 Å². The number of nitrogens with zero attached hydrogens (tertiary/aromatic N) is 2. The van der Waals surface area contributed by atoms with Crippen LogP contribution in [0.2, 0.25) is 0 Å². The van der Waals surface area contributed by atoms with Crippen molar-refractivity contribution in [1.82, 2.24) is 4.90 Å². The molecule has 758 valence electrons. The van der Waals surface area contributed by atoms with Crippen molar-refractivity contribution in [2.45, 2.75) is 107 Å². The summed E-state index contributed by atoms with van der Waals surface area (Å²) in [6.45, 7) is 31.9. The molecular formula is C122H116BrN3O15S7. The van der Waals surface area contributed by atoms with Crippen molar-refractivity contribution < 1.29 is 74.3 Å². The van der Waals surface area contributed by atoms with E-state index in [1.807, 2.05) is 153 Å². The molecule has 4 aliphatic rings. The first-order chi connectivity index (χ1) is 71.0. The number of halogens is 1. The zero-order valence-electron chi connectivity index (χ0n) is 82.2. The van der Waals surface area contributed by atoms with Crippen LogP contribution in [0.15, 0.2) is 358 Å². The Balaban J connectivity index is 0.000000141. The highest BCUT2D eigenvalue weighted by atomic mass is 79.9. The number of amides is 1. The quantitative estimate of drug-likeness (QED) is 0.0148. The summed E-state index contributed by atoms with van der Waals surface area (Å²) >= 11 is 14.6. The highest BCUT2D eigenvalue weighted by Gasteiger charge is 2.30. The standard InChI is InChI=1S/C18H19NO2S.C16H16O2S.2C16H14O2S.C15H16BrNOS.C14H13NO2S.C14H12O2S.C13H12O2/c1-13(20)14-5-7-15(8-6-14)18(21)16-9-10-17(22-16)19-11-3-2-4-12-19;3*1-10(17)11-2-6-13(7-3-11)16(18)15-9-8-14(19-15)12-4-5-12;1-10(18)11-4-6-12(7-5-11)15(17(2)3)13-8-9-14(16)19-13;1-9(16)11-4-2-10(3-5-11)8-12-6-7-13(18-12)14(15)17;1-9-3-8-13(17-9)14(16)12-6-4-11(5-7-12)10(2)15;1-10(14)12-6-4-11(5-7-12)9-13-3-2-8-15-13/h5-10,20H,1-4,11-12H2;2-3,6-9,12,16-18H,1,4-5H2;2*2-3,6-9,12,17H,1,4-5H2;4-9,15,18H,1H2,2-3H3;2-7,16H,1,8H2,(H2,15,17);3-8,15H,2H2,1H3;2-8,14H,1,9H2. The predicted molar refractivity (Wildman–Crippen MR) is 616 cm³/mol. The van der Waals surface area contributed by atoms with E-state index in [1.165, 1.54) is 111 Å². The van der Waals surface area contributed by atoms with Gasteiger partial charge in [-0.05, 0) is 232 Å². The Labute approximate surface area is 899 Å². The van der Waals surface area contributed by atoms with Crippen LogP contribution in [-0.2, 0) is 12.8 Å². The fourth-order valence-corrected chi connectivity index (χ4v) is 23.3. The molecule has 2 atom stereocenters. The summed E-state index contributed by atoms with van der Waals surface area (Å²) in [5, 5.41) is 85.6. The number of nitrogens with two attached hydrogens (primary N) is 1. The number of hydrogen-bond acceptors (Lipinski definition) is 24. The minimum absolute atomic E-state index is 0.0102. The Hall–Kier alpha value is -14.4. The summed E-state index contributed by atoms with van der Waals surface area (Å²) in [4.78, 5) is 76.9. The molecule has 26 heteroatoms. The number of hydrogen-bond donors (Lipinski definition) is 10. The summed E-state index contributed by atoms with van der Waals surface area (Å²) in [6.07, 6.45) is 13.9. The van der Waals surface area contributed by atoms with Gasteiger partial charge in [0, 0.05) is 127 Å². The highest BCUT2D eigenvalue weighted by molar-refractivity contribution is 9.11. The van der Waals surface area contributed by atoms with E-state index in [1.54, 1.807) is 178 Å². The van der Waals surface area contributed by atoms with Crippen molar-refractivity contribution in [3.8, 4) is 0 Å². The summed E-state index contributed by atoms with van der Waals surface area (Å²) < 4.78 is 6.38. The van der Waals surface area contributed by atoms with E-state index in [4.69, 9.17) is 15.3 Å². The second-order valence-electron chi connectivity index (χ2n) is 35.9. The second-order valence-corrected chi connectivity index (χ2v) is 45.3. The van der Waals surface area contributed by atoms with Crippen molar-refractivity contribution in [2.24, 2.45) is 5.73 Å². The number of primary amides is 1. The molecule has 18 nitrogen and oxygen atoms in total. The Bertz CT molecular complexity index is 7210. The van der Waals surface area contributed by atoms with E-state index in [9.17, 15) is 64.8 Å². The molecular weight excluding hydrogens is 2050 g/mol. The van der Waals surface area contributed by atoms with Crippen LogP contribution in [0.5, 0.6) is 0 Å². The SMILES string of the molecule is C=C(O)c1ccc(C(=O)c2ccc(C)s2)cc1.C=C(O)c1ccc(C(=O)c2ccc(C3CC3)s2)cc1.C=C(O)c1ccc(C(=O)c2ccc(C3CC3)s2)cc1.C=C(O)c1ccc(C(=O)c2ccc(N3CCCCC3)s2)cc1.C=C(O)c1ccc(C(O)c2ccc(C3CC3)s2)cc1.C=C(O)c1ccc(C(c2ccc(Br)s2)N(C)C)cc1.C=C(O)c1ccc(Cc2ccc(C(N)=O)s2)cc1.C=C(O)c1ccc(Cc2ccco2)cc1. The molecule has 2 unspecified atom stereocenters. The molecule has 9 heterocycles.